The second-order valence-electron chi connectivity index (χ2n) is 8.87. The first-order chi connectivity index (χ1) is 19.1. The quantitative estimate of drug-likeness (QED) is 0.235. The average molecular weight is 611 g/mol. The molecule has 0 amide bonds. The van der Waals surface area contributed by atoms with Crippen LogP contribution in [0.1, 0.15) is 24.1 Å². The van der Waals surface area contributed by atoms with E-state index in [2.05, 4.69) is 35.3 Å². The Morgan fingerprint density at radius 2 is 1.82 bits per heavy atom. The fourth-order valence-corrected chi connectivity index (χ4v) is 6.89. The molecule has 10 nitrogen and oxygen atoms in total. The third kappa shape index (κ3) is 6.51. The summed E-state index contributed by atoms with van der Waals surface area (Å²) in [5.41, 5.74) is -0.0659. The number of rotatable bonds is 10. The summed E-state index contributed by atoms with van der Waals surface area (Å²) in [4.78, 5) is 20.8. The Labute approximate surface area is 236 Å². The van der Waals surface area contributed by atoms with Crippen LogP contribution >= 0.6 is 22.7 Å². The van der Waals surface area contributed by atoms with Crippen LogP contribution in [0.25, 0.3) is 9.88 Å². The van der Waals surface area contributed by atoms with Gasteiger partial charge in [-0.15, -0.1) is 22.7 Å². The highest BCUT2D eigenvalue weighted by atomic mass is 32.2. The Hall–Kier alpha value is -3.34. The van der Waals surface area contributed by atoms with Crippen molar-refractivity contribution in [1.29, 1.82) is 0 Å². The van der Waals surface area contributed by atoms with Gasteiger partial charge in [0.2, 0.25) is 27.9 Å². The predicted octanol–water partition coefficient (Wildman–Crippen LogP) is 4.68. The molecule has 0 unspecified atom stereocenters. The van der Waals surface area contributed by atoms with Crippen LogP contribution in [0.2, 0.25) is 0 Å². The molecule has 1 saturated heterocycles. The second-order valence-corrected chi connectivity index (χ2v) is 12.4. The zero-order valence-corrected chi connectivity index (χ0v) is 23.6. The Kier molecular flexibility index (Phi) is 8.21. The minimum absolute atomic E-state index is 0.0387. The van der Waals surface area contributed by atoms with Crippen molar-refractivity contribution in [2.24, 2.45) is 0 Å². The average Bonchev–Trinajstić information content (AvgIpc) is 3.72. The van der Waals surface area contributed by atoms with Gasteiger partial charge in [-0.3, -0.25) is 0 Å². The van der Waals surface area contributed by atoms with Crippen molar-refractivity contribution in [3.63, 3.8) is 0 Å². The lowest BCUT2D eigenvalue weighted by molar-refractivity contribution is -0.137. The summed E-state index contributed by atoms with van der Waals surface area (Å²) in [6, 6.07) is 7.16. The molecule has 1 fully saturated rings. The first-order valence-electron chi connectivity index (χ1n) is 12.2. The third-order valence-corrected chi connectivity index (χ3v) is 9.56. The summed E-state index contributed by atoms with van der Waals surface area (Å²) >= 11 is 3.19. The number of hydrogen-bond donors (Lipinski definition) is 3. The monoisotopic (exact) mass is 610 g/mol. The SMILES string of the molecule is CNc1nc(NCc2csc(-c3cccs3)n2)nc(N2CCC[C@@H]2CNS(=O)(=O)c2ccc(C(F)(F)F)cc2)n1. The van der Waals surface area contributed by atoms with Gasteiger partial charge in [0.1, 0.15) is 5.01 Å². The van der Waals surface area contributed by atoms with E-state index in [4.69, 9.17) is 0 Å². The van der Waals surface area contributed by atoms with Gasteiger partial charge < -0.3 is 15.5 Å². The van der Waals surface area contributed by atoms with E-state index in [0.29, 0.717) is 37.4 Å². The van der Waals surface area contributed by atoms with Gasteiger partial charge in [0.15, 0.2) is 0 Å². The number of alkyl halides is 3. The molecule has 0 saturated carbocycles. The Morgan fingerprint density at radius 1 is 1.05 bits per heavy atom. The summed E-state index contributed by atoms with van der Waals surface area (Å²) in [6.07, 6.45) is -3.07. The first kappa shape index (κ1) is 28.2. The number of benzene rings is 1. The highest BCUT2D eigenvalue weighted by molar-refractivity contribution is 7.89. The number of anilines is 3. The fourth-order valence-electron chi connectivity index (χ4n) is 4.18. The first-order valence-corrected chi connectivity index (χ1v) is 15.5. The minimum atomic E-state index is -4.54. The van der Waals surface area contributed by atoms with Crippen LogP contribution in [0.5, 0.6) is 0 Å². The normalized spacial score (nSPS) is 15.9. The maximum Gasteiger partial charge on any atom is 0.416 e. The summed E-state index contributed by atoms with van der Waals surface area (Å²) in [5, 5.41) is 11.0. The Morgan fingerprint density at radius 3 is 2.52 bits per heavy atom. The number of halogens is 3. The molecule has 0 radical (unpaired) electrons. The van der Waals surface area contributed by atoms with Gasteiger partial charge in [-0.25, -0.2) is 18.1 Å². The van der Waals surface area contributed by atoms with Crippen molar-refractivity contribution in [3.05, 3.63) is 58.4 Å². The van der Waals surface area contributed by atoms with Crippen molar-refractivity contribution in [3.8, 4) is 9.88 Å². The van der Waals surface area contributed by atoms with E-state index in [-0.39, 0.29) is 17.5 Å². The topological polar surface area (TPSA) is 125 Å². The van der Waals surface area contributed by atoms with Crippen molar-refractivity contribution in [1.82, 2.24) is 24.7 Å². The molecule has 3 N–H and O–H groups in total. The van der Waals surface area contributed by atoms with Gasteiger partial charge >= 0.3 is 6.18 Å². The number of thiazole rings is 1. The number of nitrogens with zero attached hydrogens (tertiary/aromatic N) is 5. The lowest BCUT2D eigenvalue weighted by Crippen LogP contribution is -2.41. The highest BCUT2D eigenvalue weighted by Gasteiger charge is 2.32. The Bertz CT molecular complexity index is 1540. The summed E-state index contributed by atoms with van der Waals surface area (Å²) < 4.78 is 66.6. The third-order valence-electron chi connectivity index (χ3n) is 6.19. The molecule has 5 rings (SSSR count). The van der Waals surface area contributed by atoms with Crippen molar-refractivity contribution >= 4 is 50.5 Å². The molecule has 1 aromatic carbocycles. The predicted molar refractivity (Wildman–Crippen MR) is 149 cm³/mol. The van der Waals surface area contributed by atoms with E-state index in [1.165, 1.54) is 0 Å². The highest BCUT2D eigenvalue weighted by Crippen LogP contribution is 2.30. The number of thiophene rings is 1. The molecular formula is C24H25F3N8O2S3. The standard InChI is InChI=1S/C24H25F3N8O2S3/c1-28-21-32-22(29-12-16-14-39-20(31-16)19-5-3-11-38-19)34-23(33-21)35-10-2-4-17(35)13-30-40(36,37)18-8-6-15(7-9-18)24(25,26)27/h3,5-9,11,14,17,30H,2,4,10,12-13H2,1H3,(H2,28,29,32,33,34)/t17-/m1/s1. The smallest absolute Gasteiger partial charge is 0.357 e. The van der Waals surface area contributed by atoms with Crippen LogP contribution in [0.15, 0.2) is 52.1 Å². The molecule has 212 valence electrons. The van der Waals surface area contributed by atoms with E-state index >= 15 is 0 Å². The van der Waals surface area contributed by atoms with Crippen LogP contribution < -0.4 is 20.3 Å². The van der Waals surface area contributed by atoms with Gasteiger partial charge in [-0.2, -0.15) is 28.1 Å². The van der Waals surface area contributed by atoms with E-state index in [9.17, 15) is 21.6 Å². The number of nitrogens with one attached hydrogen (secondary N) is 3. The molecule has 1 aliphatic rings. The molecule has 0 bridgehead atoms. The van der Waals surface area contributed by atoms with Crippen LogP contribution in [-0.2, 0) is 22.7 Å². The molecule has 4 aromatic rings. The zero-order valence-electron chi connectivity index (χ0n) is 21.1. The largest absolute Gasteiger partial charge is 0.416 e. The maximum absolute atomic E-state index is 12.8. The van der Waals surface area contributed by atoms with Gasteiger partial charge in [0.25, 0.3) is 0 Å². The fraction of sp³-hybridized carbons (Fsp3) is 0.333. The summed E-state index contributed by atoms with van der Waals surface area (Å²) in [6.45, 7) is 1.05. The molecule has 40 heavy (non-hydrogen) atoms. The molecule has 3 aromatic heterocycles. The van der Waals surface area contributed by atoms with Gasteiger partial charge in [0, 0.05) is 31.6 Å². The van der Waals surface area contributed by atoms with Crippen molar-refractivity contribution < 1.29 is 21.6 Å². The lowest BCUT2D eigenvalue weighted by Gasteiger charge is -2.25. The van der Waals surface area contributed by atoms with Crippen LogP contribution in [-0.4, -0.2) is 54.5 Å². The van der Waals surface area contributed by atoms with Gasteiger partial charge in [0.05, 0.1) is 27.6 Å². The molecule has 16 heteroatoms. The number of aromatic nitrogens is 4. The van der Waals surface area contributed by atoms with E-state index < -0.39 is 21.8 Å². The summed E-state index contributed by atoms with van der Waals surface area (Å²) in [5.74, 6) is 1.08. The molecule has 0 spiro atoms. The van der Waals surface area contributed by atoms with Crippen LogP contribution in [0, 0.1) is 0 Å². The molecule has 1 atom stereocenters. The molecule has 1 aliphatic heterocycles. The second kappa shape index (κ2) is 11.6. The zero-order chi connectivity index (χ0) is 28.3. The van der Waals surface area contributed by atoms with Gasteiger partial charge in [-0.05, 0) is 48.6 Å². The number of sulfonamides is 1. The van der Waals surface area contributed by atoms with E-state index in [1.807, 2.05) is 27.8 Å². The maximum atomic E-state index is 12.8. The molecule has 4 heterocycles. The number of hydrogen-bond acceptors (Lipinski definition) is 11. The lowest BCUT2D eigenvalue weighted by atomic mass is 10.2. The summed E-state index contributed by atoms with van der Waals surface area (Å²) in [7, 11) is -2.33. The van der Waals surface area contributed by atoms with Crippen molar-refractivity contribution in [2.75, 3.05) is 35.7 Å². The van der Waals surface area contributed by atoms with E-state index in [1.54, 1.807) is 29.7 Å². The van der Waals surface area contributed by atoms with Crippen LogP contribution in [0.3, 0.4) is 0 Å². The van der Waals surface area contributed by atoms with E-state index in [0.717, 1.165) is 46.3 Å². The molecule has 0 aliphatic carbocycles. The molecular weight excluding hydrogens is 586 g/mol. The Balaban J connectivity index is 1.26. The van der Waals surface area contributed by atoms with Crippen molar-refractivity contribution in [2.45, 2.75) is 36.5 Å². The van der Waals surface area contributed by atoms with Crippen LogP contribution in [0.4, 0.5) is 31.0 Å². The minimum Gasteiger partial charge on any atom is -0.357 e. The van der Waals surface area contributed by atoms with Gasteiger partial charge in [-0.1, -0.05) is 6.07 Å².